The van der Waals surface area contributed by atoms with Gasteiger partial charge in [0.05, 0.1) is 5.69 Å². The summed E-state index contributed by atoms with van der Waals surface area (Å²) in [5, 5.41) is 2.72. The van der Waals surface area contributed by atoms with Crippen LogP contribution < -0.4 is 5.32 Å². The Labute approximate surface area is 105 Å². The minimum Gasteiger partial charge on any atom is -0.326 e. The van der Waals surface area contributed by atoms with Gasteiger partial charge >= 0.3 is 0 Å². The summed E-state index contributed by atoms with van der Waals surface area (Å²) in [4.78, 5) is 19.2. The zero-order valence-electron chi connectivity index (χ0n) is 10.00. The number of benzene rings is 1. The highest BCUT2D eigenvalue weighted by molar-refractivity contribution is 5.89. The first-order valence-electron chi connectivity index (χ1n) is 5.56. The minimum atomic E-state index is -0.0923. The number of hydrogen-bond acceptors (Lipinski definition) is 3. The molecule has 0 spiro atoms. The number of nitrogens with zero attached hydrogens (tertiary/aromatic N) is 2. The number of anilines is 1. The number of hydrogen-bond donors (Lipinski definition) is 1. The first-order valence-corrected chi connectivity index (χ1v) is 5.56. The van der Waals surface area contributed by atoms with E-state index in [1.165, 1.54) is 6.92 Å². The maximum atomic E-state index is 10.9. The largest absolute Gasteiger partial charge is 0.326 e. The fraction of sp³-hybridized carbons (Fsp3) is 0.0714. The topological polar surface area (TPSA) is 54.4 Å². The molecule has 0 unspecified atom stereocenters. The maximum Gasteiger partial charge on any atom is 0.221 e. The molecule has 1 aromatic carbocycles. The van der Waals surface area contributed by atoms with E-state index in [1.54, 1.807) is 18.6 Å². The van der Waals surface area contributed by atoms with Crippen molar-refractivity contribution in [3.8, 4) is 0 Å². The van der Waals surface area contributed by atoms with Gasteiger partial charge < -0.3 is 5.32 Å². The summed E-state index contributed by atoms with van der Waals surface area (Å²) < 4.78 is 0. The number of aromatic nitrogens is 1. The molecule has 18 heavy (non-hydrogen) atoms. The monoisotopic (exact) mass is 239 g/mol. The van der Waals surface area contributed by atoms with Gasteiger partial charge in [0.2, 0.25) is 5.91 Å². The van der Waals surface area contributed by atoms with Crippen LogP contribution in [0.1, 0.15) is 12.5 Å². The Kier molecular flexibility index (Phi) is 3.81. The van der Waals surface area contributed by atoms with E-state index < -0.39 is 0 Å². The van der Waals surface area contributed by atoms with Crippen LogP contribution in [0, 0.1) is 0 Å². The average molecular weight is 239 g/mol. The Bertz CT molecular complexity index is 564. The van der Waals surface area contributed by atoms with Gasteiger partial charge in [-0.2, -0.15) is 0 Å². The molecule has 0 radical (unpaired) electrons. The molecule has 2 rings (SSSR count). The molecule has 0 saturated carbocycles. The fourth-order valence-electron chi connectivity index (χ4n) is 1.47. The van der Waals surface area contributed by atoms with E-state index in [9.17, 15) is 4.79 Å². The van der Waals surface area contributed by atoms with Gasteiger partial charge in [-0.25, -0.2) is 0 Å². The lowest BCUT2D eigenvalue weighted by atomic mass is 10.2. The molecule has 0 atom stereocenters. The van der Waals surface area contributed by atoms with Gasteiger partial charge in [0.1, 0.15) is 0 Å². The third-order valence-corrected chi connectivity index (χ3v) is 2.24. The van der Waals surface area contributed by atoms with Crippen LogP contribution >= 0.6 is 0 Å². The molecule has 1 amide bonds. The van der Waals surface area contributed by atoms with Gasteiger partial charge in [-0.3, -0.25) is 14.8 Å². The lowest BCUT2D eigenvalue weighted by Crippen LogP contribution is -2.05. The molecule has 4 nitrogen and oxygen atoms in total. The zero-order valence-corrected chi connectivity index (χ0v) is 10.00. The van der Waals surface area contributed by atoms with E-state index in [4.69, 9.17) is 0 Å². The van der Waals surface area contributed by atoms with E-state index in [2.05, 4.69) is 15.3 Å². The van der Waals surface area contributed by atoms with Crippen molar-refractivity contribution in [2.24, 2.45) is 4.99 Å². The molecule has 0 saturated heterocycles. The van der Waals surface area contributed by atoms with Crippen LogP contribution in [0.3, 0.4) is 0 Å². The van der Waals surface area contributed by atoms with E-state index in [0.29, 0.717) is 0 Å². The molecular formula is C14H13N3O. The van der Waals surface area contributed by atoms with E-state index in [1.807, 2.05) is 36.4 Å². The highest BCUT2D eigenvalue weighted by Gasteiger charge is 1.96. The molecule has 0 aliphatic rings. The van der Waals surface area contributed by atoms with E-state index in [0.717, 1.165) is 16.9 Å². The number of aliphatic imine (C=N–C) groups is 1. The summed E-state index contributed by atoms with van der Waals surface area (Å²) in [6.45, 7) is 1.48. The Morgan fingerprint density at radius 1 is 1.28 bits per heavy atom. The summed E-state index contributed by atoms with van der Waals surface area (Å²) in [5.74, 6) is -0.0923. The highest BCUT2D eigenvalue weighted by Crippen LogP contribution is 2.17. The molecule has 0 fully saturated rings. The molecule has 90 valence electrons. The normalized spacial score (nSPS) is 10.5. The van der Waals surface area contributed by atoms with Crippen molar-refractivity contribution >= 4 is 23.5 Å². The molecule has 1 heterocycles. The quantitative estimate of drug-likeness (QED) is 0.837. The summed E-state index contributed by atoms with van der Waals surface area (Å²) >= 11 is 0. The first-order chi connectivity index (χ1) is 8.74. The van der Waals surface area contributed by atoms with Crippen LogP contribution in [0.5, 0.6) is 0 Å². The van der Waals surface area contributed by atoms with Crippen molar-refractivity contribution in [2.45, 2.75) is 6.92 Å². The molecule has 1 N–H and O–H groups in total. The van der Waals surface area contributed by atoms with Crippen LogP contribution in [0.15, 0.2) is 53.8 Å². The Balaban J connectivity index is 2.14. The maximum absolute atomic E-state index is 10.9. The Hall–Kier alpha value is -2.49. The number of rotatable bonds is 3. The SMILES string of the molecule is CC(=O)Nc1cccc(N=Cc2ccncc2)c1. The Morgan fingerprint density at radius 3 is 2.78 bits per heavy atom. The lowest BCUT2D eigenvalue weighted by molar-refractivity contribution is -0.114. The van der Waals surface area contributed by atoms with Crippen molar-refractivity contribution in [1.82, 2.24) is 4.98 Å². The van der Waals surface area contributed by atoms with E-state index >= 15 is 0 Å². The predicted octanol–water partition coefficient (Wildman–Crippen LogP) is 2.79. The first kappa shape index (κ1) is 12.0. The van der Waals surface area contributed by atoms with Gasteiger partial charge in [0.25, 0.3) is 0 Å². The summed E-state index contributed by atoms with van der Waals surface area (Å²) in [5.41, 5.74) is 2.51. The molecule has 2 aromatic rings. The lowest BCUT2D eigenvalue weighted by Gasteiger charge is -2.02. The molecule has 0 aliphatic carbocycles. The number of amides is 1. The fourth-order valence-corrected chi connectivity index (χ4v) is 1.47. The van der Waals surface area contributed by atoms with Gasteiger partial charge in [-0.1, -0.05) is 6.07 Å². The van der Waals surface area contributed by atoms with Crippen molar-refractivity contribution in [3.63, 3.8) is 0 Å². The number of carbonyl (C=O) groups is 1. The van der Waals surface area contributed by atoms with Crippen molar-refractivity contribution < 1.29 is 4.79 Å². The van der Waals surface area contributed by atoms with E-state index in [-0.39, 0.29) is 5.91 Å². The Morgan fingerprint density at radius 2 is 2.06 bits per heavy atom. The van der Waals surface area contributed by atoms with Gasteiger partial charge in [0, 0.05) is 31.2 Å². The van der Waals surface area contributed by atoms with Crippen LogP contribution in [0.4, 0.5) is 11.4 Å². The standard InChI is InChI=1S/C14H13N3O/c1-11(18)17-14-4-2-3-13(9-14)16-10-12-5-7-15-8-6-12/h2-10H,1H3,(H,17,18). The molecule has 1 aromatic heterocycles. The van der Waals surface area contributed by atoms with Crippen LogP contribution in [0.2, 0.25) is 0 Å². The zero-order chi connectivity index (χ0) is 12.8. The molecular weight excluding hydrogens is 226 g/mol. The molecule has 4 heteroatoms. The minimum absolute atomic E-state index is 0.0923. The summed E-state index contributed by atoms with van der Waals surface area (Å²) in [7, 11) is 0. The number of nitrogens with one attached hydrogen (secondary N) is 1. The molecule has 0 bridgehead atoms. The van der Waals surface area contributed by atoms with Gasteiger partial charge in [-0.05, 0) is 35.9 Å². The van der Waals surface area contributed by atoms with Crippen molar-refractivity contribution in [1.29, 1.82) is 0 Å². The number of carbonyl (C=O) groups excluding carboxylic acids is 1. The highest BCUT2D eigenvalue weighted by atomic mass is 16.1. The predicted molar refractivity (Wildman–Crippen MR) is 72.2 cm³/mol. The van der Waals surface area contributed by atoms with Crippen LogP contribution in [-0.4, -0.2) is 17.1 Å². The third kappa shape index (κ3) is 3.52. The second kappa shape index (κ2) is 5.72. The third-order valence-electron chi connectivity index (χ3n) is 2.24. The van der Waals surface area contributed by atoms with Crippen LogP contribution in [0.25, 0.3) is 0 Å². The van der Waals surface area contributed by atoms with Crippen molar-refractivity contribution in [2.75, 3.05) is 5.32 Å². The van der Waals surface area contributed by atoms with Crippen LogP contribution in [-0.2, 0) is 4.79 Å². The smallest absolute Gasteiger partial charge is 0.221 e. The van der Waals surface area contributed by atoms with Gasteiger partial charge in [0.15, 0.2) is 0 Å². The second-order valence-corrected chi connectivity index (χ2v) is 3.77. The van der Waals surface area contributed by atoms with Crippen molar-refractivity contribution in [3.05, 3.63) is 54.4 Å². The summed E-state index contributed by atoms with van der Waals surface area (Å²) in [6.07, 6.45) is 5.19. The molecule has 0 aliphatic heterocycles. The number of pyridine rings is 1. The summed E-state index contributed by atoms with van der Waals surface area (Å²) in [6, 6.07) is 11.1. The van der Waals surface area contributed by atoms with Gasteiger partial charge in [-0.15, -0.1) is 0 Å². The second-order valence-electron chi connectivity index (χ2n) is 3.77. The average Bonchev–Trinajstić information content (AvgIpc) is 2.37.